The molecule has 2 rings (SSSR count). The quantitative estimate of drug-likeness (QED) is 0.787. The molecule has 1 saturated heterocycles. The molecule has 21 heavy (non-hydrogen) atoms. The highest BCUT2D eigenvalue weighted by molar-refractivity contribution is 7.90. The average Bonchev–Trinajstić information content (AvgIpc) is 2.47. The van der Waals surface area contributed by atoms with Crippen LogP contribution in [0.3, 0.4) is 0 Å². The van der Waals surface area contributed by atoms with Crippen LogP contribution in [0.1, 0.15) is 32.1 Å². The molecule has 1 aliphatic rings. The van der Waals surface area contributed by atoms with Crippen molar-refractivity contribution < 1.29 is 13.2 Å². The fourth-order valence-corrected chi connectivity index (χ4v) is 3.31. The zero-order valence-electron chi connectivity index (χ0n) is 12.7. The van der Waals surface area contributed by atoms with E-state index in [-0.39, 0.29) is 0 Å². The van der Waals surface area contributed by atoms with Gasteiger partial charge in [0, 0.05) is 6.26 Å². The van der Waals surface area contributed by atoms with Crippen LogP contribution in [0.2, 0.25) is 0 Å². The number of ether oxygens (including phenoxy) is 1. The number of sulfone groups is 1. The SMILES string of the molecule is CS(=O)(=O)c1ccc(OCCCCC2CCNCC2)cc1. The van der Waals surface area contributed by atoms with Crippen LogP contribution in [-0.4, -0.2) is 34.4 Å². The van der Waals surface area contributed by atoms with Crippen LogP contribution < -0.4 is 10.1 Å². The number of rotatable bonds is 7. The molecule has 0 atom stereocenters. The number of unbranched alkanes of at least 4 members (excludes halogenated alkanes) is 1. The zero-order valence-corrected chi connectivity index (χ0v) is 13.5. The van der Waals surface area contributed by atoms with Crippen molar-refractivity contribution in [2.24, 2.45) is 5.92 Å². The summed E-state index contributed by atoms with van der Waals surface area (Å²) in [4.78, 5) is 0.334. The van der Waals surface area contributed by atoms with Crippen molar-refractivity contribution in [3.05, 3.63) is 24.3 Å². The maximum Gasteiger partial charge on any atom is 0.175 e. The Morgan fingerprint density at radius 2 is 1.81 bits per heavy atom. The van der Waals surface area contributed by atoms with Crippen LogP contribution in [0.4, 0.5) is 0 Å². The fraction of sp³-hybridized carbons (Fsp3) is 0.625. The van der Waals surface area contributed by atoms with Gasteiger partial charge in [-0.05, 0) is 69.0 Å². The second kappa shape index (κ2) is 7.80. The molecule has 0 saturated carbocycles. The molecule has 1 fully saturated rings. The minimum absolute atomic E-state index is 0.334. The summed E-state index contributed by atoms with van der Waals surface area (Å²) in [6.07, 6.45) is 7.35. The minimum Gasteiger partial charge on any atom is -0.494 e. The van der Waals surface area contributed by atoms with Gasteiger partial charge < -0.3 is 10.1 Å². The molecule has 1 heterocycles. The van der Waals surface area contributed by atoms with Crippen LogP contribution in [0.5, 0.6) is 5.75 Å². The van der Waals surface area contributed by atoms with Crippen LogP contribution in [-0.2, 0) is 9.84 Å². The van der Waals surface area contributed by atoms with Crippen molar-refractivity contribution in [3.8, 4) is 5.75 Å². The van der Waals surface area contributed by atoms with Crippen molar-refractivity contribution >= 4 is 9.84 Å². The van der Waals surface area contributed by atoms with Crippen molar-refractivity contribution in [1.82, 2.24) is 5.32 Å². The van der Waals surface area contributed by atoms with Crippen molar-refractivity contribution in [1.29, 1.82) is 0 Å². The smallest absolute Gasteiger partial charge is 0.175 e. The average molecular weight is 311 g/mol. The third-order valence-corrected chi connectivity index (χ3v) is 5.11. The lowest BCUT2D eigenvalue weighted by Crippen LogP contribution is -2.27. The van der Waals surface area contributed by atoms with Gasteiger partial charge in [0.25, 0.3) is 0 Å². The van der Waals surface area contributed by atoms with Gasteiger partial charge >= 0.3 is 0 Å². The molecule has 0 amide bonds. The highest BCUT2D eigenvalue weighted by atomic mass is 32.2. The Morgan fingerprint density at radius 3 is 2.43 bits per heavy atom. The van der Waals surface area contributed by atoms with Crippen LogP contribution in [0, 0.1) is 5.92 Å². The van der Waals surface area contributed by atoms with E-state index in [1.165, 1.54) is 31.9 Å². The van der Waals surface area contributed by atoms with E-state index < -0.39 is 9.84 Å². The Bertz CT molecular complexity index is 519. The normalized spacial score (nSPS) is 16.8. The highest BCUT2D eigenvalue weighted by Gasteiger charge is 2.12. The lowest BCUT2D eigenvalue weighted by Gasteiger charge is -2.22. The van der Waals surface area contributed by atoms with E-state index in [1.54, 1.807) is 24.3 Å². The largest absolute Gasteiger partial charge is 0.494 e. The predicted octanol–water partition coefficient (Wildman–Crippen LogP) is 2.64. The number of hydrogen-bond acceptors (Lipinski definition) is 4. The molecule has 1 aromatic rings. The molecule has 1 aromatic carbocycles. The topological polar surface area (TPSA) is 55.4 Å². The molecule has 0 spiro atoms. The third kappa shape index (κ3) is 5.67. The van der Waals surface area contributed by atoms with Gasteiger partial charge in [0.1, 0.15) is 5.75 Å². The Kier molecular flexibility index (Phi) is 6.06. The summed E-state index contributed by atoms with van der Waals surface area (Å²) in [6, 6.07) is 6.64. The second-order valence-electron chi connectivity index (χ2n) is 5.78. The van der Waals surface area contributed by atoms with E-state index in [0.29, 0.717) is 11.5 Å². The summed E-state index contributed by atoms with van der Waals surface area (Å²) in [5.41, 5.74) is 0. The van der Waals surface area contributed by atoms with E-state index in [4.69, 9.17) is 4.74 Å². The molecule has 1 N–H and O–H groups in total. The molecule has 5 heteroatoms. The summed E-state index contributed by atoms with van der Waals surface area (Å²) in [6.45, 7) is 3.02. The van der Waals surface area contributed by atoms with Crippen molar-refractivity contribution in [2.45, 2.75) is 37.0 Å². The first-order valence-corrected chi connectivity index (χ1v) is 9.58. The minimum atomic E-state index is -3.12. The van der Waals surface area contributed by atoms with E-state index >= 15 is 0 Å². The molecule has 1 aliphatic heterocycles. The lowest BCUT2D eigenvalue weighted by molar-refractivity contribution is 0.287. The van der Waals surface area contributed by atoms with E-state index in [0.717, 1.165) is 31.2 Å². The molecule has 4 nitrogen and oxygen atoms in total. The van der Waals surface area contributed by atoms with E-state index in [1.807, 2.05) is 0 Å². The highest BCUT2D eigenvalue weighted by Crippen LogP contribution is 2.19. The molecule has 0 unspecified atom stereocenters. The van der Waals surface area contributed by atoms with E-state index in [2.05, 4.69) is 5.32 Å². The Balaban J connectivity index is 1.64. The second-order valence-corrected chi connectivity index (χ2v) is 7.80. The van der Waals surface area contributed by atoms with Gasteiger partial charge in [0.15, 0.2) is 9.84 Å². The first kappa shape index (κ1) is 16.3. The maximum absolute atomic E-state index is 11.3. The molecular formula is C16H25NO3S. The Labute approximate surface area is 127 Å². The summed E-state index contributed by atoms with van der Waals surface area (Å²) in [5, 5.41) is 3.39. The molecule has 0 aromatic heterocycles. The summed E-state index contributed by atoms with van der Waals surface area (Å²) in [7, 11) is -3.12. The van der Waals surface area contributed by atoms with Gasteiger partial charge in [-0.2, -0.15) is 0 Å². The third-order valence-electron chi connectivity index (χ3n) is 3.99. The molecule has 0 bridgehead atoms. The van der Waals surface area contributed by atoms with Crippen LogP contribution in [0.25, 0.3) is 0 Å². The monoisotopic (exact) mass is 311 g/mol. The Morgan fingerprint density at radius 1 is 1.14 bits per heavy atom. The lowest BCUT2D eigenvalue weighted by atomic mass is 9.93. The predicted molar refractivity (Wildman–Crippen MR) is 84.5 cm³/mol. The molecule has 0 radical (unpaired) electrons. The van der Waals surface area contributed by atoms with Crippen LogP contribution >= 0.6 is 0 Å². The number of nitrogens with one attached hydrogen (secondary N) is 1. The van der Waals surface area contributed by atoms with Crippen LogP contribution in [0.15, 0.2) is 29.2 Å². The fourth-order valence-electron chi connectivity index (χ4n) is 2.68. The van der Waals surface area contributed by atoms with Gasteiger partial charge in [-0.1, -0.05) is 6.42 Å². The summed E-state index contributed by atoms with van der Waals surface area (Å²) in [5.74, 6) is 1.62. The van der Waals surface area contributed by atoms with Gasteiger partial charge in [0.2, 0.25) is 0 Å². The number of benzene rings is 1. The standard InChI is InChI=1S/C16H25NO3S/c1-21(18,19)16-7-5-15(6-8-16)20-13-3-2-4-14-9-11-17-12-10-14/h5-8,14,17H,2-4,9-13H2,1H3. The summed E-state index contributed by atoms with van der Waals surface area (Å²) >= 11 is 0. The van der Waals surface area contributed by atoms with E-state index in [9.17, 15) is 8.42 Å². The number of piperidine rings is 1. The number of hydrogen-bond donors (Lipinski definition) is 1. The first-order chi connectivity index (χ1) is 10.1. The molecule has 0 aliphatic carbocycles. The van der Waals surface area contributed by atoms with Gasteiger partial charge in [-0.3, -0.25) is 0 Å². The summed E-state index contributed by atoms with van der Waals surface area (Å²) < 4.78 is 28.4. The molecular weight excluding hydrogens is 286 g/mol. The maximum atomic E-state index is 11.3. The van der Waals surface area contributed by atoms with Gasteiger partial charge in [0.05, 0.1) is 11.5 Å². The van der Waals surface area contributed by atoms with Crippen molar-refractivity contribution in [3.63, 3.8) is 0 Å². The van der Waals surface area contributed by atoms with Crippen molar-refractivity contribution in [2.75, 3.05) is 26.0 Å². The van der Waals surface area contributed by atoms with Gasteiger partial charge in [-0.25, -0.2) is 8.42 Å². The Hall–Kier alpha value is -1.07. The molecule has 118 valence electrons. The zero-order chi connectivity index (χ0) is 15.1. The van der Waals surface area contributed by atoms with Gasteiger partial charge in [-0.15, -0.1) is 0 Å². The first-order valence-electron chi connectivity index (χ1n) is 7.69.